The molecule has 1 aromatic heterocycles. The summed E-state index contributed by atoms with van der Waals surface area (Å²) in [6.07, 6.45) is 1.84. The lowest BCUT2D eigenvalue weighted by atomic mass is 10.2. The first-order valence-corrected chi connectivity index (χ1v) is 13.9. The topological polar surface area (TPSA) is 34.1 Å². The molecule has 0 atom stereocenters. The molecule has 0 aliphatic rings. The number of aromatic nitrogens is 1. The van der Waals surface area contributed by atoms with E-state index >= 15 is 0 Å². The molecule has 0 radical (unpaired) electrons. The van der Waals surface area contributed by atoms with E-state index in [2.05, 4.69) is 67.4 Å². The van der Waals surface area contributed by atoms with Gasteiger partial charge in [-0.2, -0.15) is 0 Å². The second kappa shape index (κ2) is 5.22. The van der Waals surface area contributed by atoms with Crippen molar-refractivity contribution in [2.24, 2.45) is 0 Å². The Morgan fingerprint density at radius 3 is 2.35 bits per heavy atom. The molecule has 0 unspecified atom stereocenters. The molecular formula is C15H24N2OSi2. The van der Waals surface area contributed by atoms with Crippen LogP contribution in [0.15, 0.2) is 30.5 Å². The molecule has 20 heavy (non-hydrogen) atoms. The molecule has 0 aliphatic heterocycles. The minimum atomic E-state index is -1.60. The van der Waals surface area contributed by atoms with Gasteiger partial charge in [-0.15, -0.1) is 0 Å². The van der Waals surface area contributed by atoms with Gasteiger partial charge in [-0.3, -0.25) is 4.98 Å². The van der Waals surface area contributed by atoms with Gasteiger partial charge in [0, 0.05) is 17.6 Å². The van der Waals surface area contributed by atoms with E-state index < -0.39 is 16.6 Å². The summed E-state index contributed by atoms with van der Waals surface area (Å²) in [4.78, 5) is 8.18. The number of nitrogens with one attached hydrogen (secondary N) is 1. The molecule has 0 saturated heterocycles. The lowest BCUT2D eigenvalue weighted by molar-refractivity contribution is 0.559. The Kier molecular flexibility index (Phi) is 3.93. The first kappa shape index (κ1) is 15.1. The van der Waals surface area contributed by atoms with Crippen molar-refractivity contribution in [2.75, 3.05) is 4.98 Å². The minimum Gasteiger partial charge on any atom is -0.544 e. The summed E-state index contributed by atoms with van der Waals surface area (Å²) in [7, 11) is -3.03. The number of benzene rings is 1. The van der Waals surface area contributed by atoms with Gasteiger partial charge in [-0.25, -0.2) is 0 Å². The van der Waals surface area contributed by atoms with Crippen LogP contribution in [-0.4, -0.2) is 21.5 Å². The SMILES string of the molecule is C[Si](C)(C)Nc1cc(O[Si](C)(C)C)cc2cccnc12. The maximum Gasteiger partial charge on any atom is 0.242 e. The lowest BCUT2D eigenvalue weighted by Gasteiger charge is -2.24. The molecule has 0 spiro atoms. The predicted molar refractivity (Wildman–Crippen MR) is 92.7 cm³/mol. The van der Waals surface area contributed by atoms with E-state index in [1.165, 1.54) is 0 Å². The van der Waals surface area contributed by atoms with Crippen molar-refractivity contribution in [3.05, 3.63) is 30.5 Å². The van der Waals surface area contributed by atoms with Crippen molar-refractivity contribution >= 4 is 33.1 Å². The molecule has 108 valence electrons. The van der Waals surface area contributed by atoms with Crippen LogP contribution < -0.4 is 9.41 Å². The van der Waals surface area contributed by atoms with Gasteiger partial charge in [0.1, 0.15) is 14.0 Å². The molecule has 3 nitrogen and oxygen atoms in total. The Balaban J connectivity index is 2.52. The fourth-order valence-electron chi connectivity index (χ4n) is 2.08. The average Bonchev–Trinajstić information content (AvgIpc) is 2.24. The van der Waals surface area contributed by atoms with Crippen molar-refractivity contribution in [3.63, 3.8) is 0 Å². The Bertz CT molecular complexity index is 615. The van der Waals surface area contributed by atoms with Crippen LogP contribution >= 0.6 is 0 Å². The number of pyridine rings is 1. The van der Waals surface area contributed by atoms with Gasteiger partial charge in [0.25, 0.3) is 0 Å². The van der Waals surface area contributed by atoms with Crippen LogP contribution in [0.3, 0.4) is 0 Å². The van der Waals surface area contributed by atoms with E-state index in [4.69, 9.17) is 4.43 Å². The van der Waals surface area contributed by atoms with E-state index in [9.17, 15) is 0 Å². The fourth-order valence-corrected chi connectivity index (χ4v) is 3.90. The first-order chi connectivity index (χ1) is 9.14. The molecule has 1 aromatic carbocycles. The normalized spacial score (nSPS) is 12.5. The van der Waals surface area contributed by atoms with Gasteiger partial charge in [0.05, 0.1) is 11.2 Å². The van der Waals surface area contributed by atoms with Crippen molar-refractivity contribution in [1.29, 1.82) is 0 Å². The molecule has 1 heterocycles. The van der Waals surface area contributed by atoms with Crippen LogP contribution in [0.4, 0.5) is 5.69 Å². The zero-order valence-corrected chi connectivity index (χ0v) is 15.2. The van der Waals surface area contributed by atoms with Crippen molar-refractivity contribution in [1.82, 2.24) is 4.98 Å². The smallest absolute Gasteiger partial charge is 0.242 e. The van der Waals surface area contributed by atoms with E-state index in [0.717, 1.165) is 22.3 Å². The highest BCUT2D eigenvalue weighted by molar-refractivity contribution is 6.79. The lowest BCUT2D eigenvalue weighted by Crippen LogP contribution is -2.32. The molecule has 5 heteroatoms. The van der Waals surface area contributed by atoms with E-state index in [1.54, 1.807) is 0 Å². The largest absolute Gasteiger partial charge is 0.544 e. The molecule has 0 bridgehead atoms. The predicted octanol–water partition coefficient (Wildman–Crippen LogP) is 4.70. The first-order valence-electron chi connectivity index (χ1n) is 7.00. The second-order valence-corrected chi connectivity index (χ2v) is 16.3. The van der Waals surface area contributed by atoms with Crippen LogP contribution in [0, 0.1) is 0 Å². The molecule has 0 amide bonds. The molecular weight excluding hydrogens is 280 g/mol. The van der Waals surface area contributed by atoms with E-state index in [1.807, 2.05) is 12.3 Å². The standard InChI is InChI=1S/C15H24N2OSi2/c1-19(2,3)17-14-11-13(18-20(4,5)6)10-12-8-7-9-16-15(12)14/h7-11,17H,1-6H3. The molecule has 0 aliphatic carbocycles. The zero-order valence-electron chi connectivity index (χ0n) is 13.2. The minimum absolute atomic E-state index is 0.949. The van der Waals surface area contributed by atoms with Crippen molar-refractivity contribution in [3.8, 4) is 5.75 Å². The zero-order chi connectivity index (χ0) is 15.0. The highest BCUT2D eigenvalue weighted by Crippen LogP contribution is 2.30. The van der Waals surface area contributed by atoms with Crippen LogP contribution in [0.25, 0.3) is 10.9 Å². The number of hydrogen-bond acceptors (Lipinski definition) is 3. The Hall–Kier alpha value is -1.34. The maximum absolute atomic E-state index is 6.15. The summed E-state index contributed by atoms with van der Waals surface area (Å²) in [5.74, 6) is 0.949. The highest BCUT2D eigenvalue weighted by atomic mass is 28.4. The molecule has 0 saturated carbocycles. The molecule has 2 aromatic rings. The Labute approximate surface area is 123 Å². The molecule has 1 N–H and O–H groups in total. The average molecular weight is 305 g/mol. The van der Waals surface area contributed by atoms with Gasteiger partial charge < -0.3 is 9.41 Å². The van der Waals surface area contributed by atoms with Crippen LogP contribution in [0.5, 0.6) is 5.75 Å². The quantitative estimate of drug-likeness (QED) is 0.832. The van der Waals surface area contributed by atoms with Crippen molar-refractivity contribution in [2.45, 2.75) is 39.3 Å². The third-order valence-electron chi connectivity index (χ3n) is 2.61. The van der Waals surface area contributed by atoms with Gasteiger partial charge >= 0.3 is 0 Å². The van der Waals surface area contributed by atoms with Gasteiger partial charge in [-0.05, 0) is 31.8 Å². The summed E-state index contributed by atoms with van der Waals surface area (Å²) < 4.78 is 6.15. The van der Waals surface area contributed by atoms with Gasteiger partial charge in [0.15, 0.2) is 0 Å². The van der Waals surface area contributed by atoms with Crippen LogP contribution in [0.2, 0.25) is 39.3 Å². The number of hydrogen-bond donors (Lipinski definition) is 1. The highest BCUT2D eigenvalue weighted by Gasteiger charge is 2.19. The Morgan fingerprint density at radius 2 is 1.75 bits per heavy atom. The number of nitrogens with zero attached hydrogens (tertiary/aromatic N) is 1. The molecule has 0 fully saturated rings. The maximum atomic E-state index is 6.15. The number of anilines is 1. The van der Waals surface area contributed by atoms with Crippen LogP contribution in [0.1, 0.15) is 0 Å². The number of rotatable bonds is 4. The summed E-state index contributed by atoms with van der Waals surface area (Å²) in [5, 5.41) is 1.13. The van der Waals surface area contributed by atoms with E-state index in [-0.39, 0.29) is 0 Å². The fraction of sp³-hybridized carbons (Fsp3) is 0.400. The van der Waals surface area contributed by atoms with Crippen LogP contribution in [-0.2, 0) is 0 Å². The van der Waals surface area contributed by atoms with E-state index in [0.29, 0.717) is 0 Å². The Morgan fingerprint density at radius 1 is 1.05 bits per heavy atom. The third-order valence-corrected chi connectivity index (χ3v) is 4.48. The van der Waals surface area contributed by atoms with Gasteiger partial charge in [-0.1, -0.05) is 25.7 Å². The number of fused-ring (bicyclic) bond motifs is 1. The summed E-state index contributed by atoms with van der Waals surface area (Å²) >= 11 is 0. The monoisotopic (exact) mass is 304 g/mol. The second-order valence-electron chi connectivity index (χ2n) is 7.14. The summed E-state index contributed by atoms with van der Waals surface area (Å²) in [6.45, 7) is 13.5. The summed E-state index contributed by atoms with van der Waals surface area (Å²) in [6, 6.07) is 8.26. The molecule has 2 rings (SSSR count). The van der Waals surface area contributed by atoms with Crippen molar-refractivity contribution < 1.29 is 4.43 Å². The summed E-state index contributed by atoms with van der Waals surface area (Å²) in [5.41, 5.74) is 2.12. The van der Waals surface area contributed by atoms with Gasteiger partial charge in [0.2, 0.25) is 8.32 Å². The third kappa shape index (κ3) is 4.08.